The van der Waals surface area contributed by atoms with E-state index in [-0.39, 0.29) is 11.5 Å². The van der Waals surface area contributed by atoms with Gasteiger partial charge in [0.2, 0.25) is 5.82 Å². The van der Waals surface area contributed by atoms with E-state index in [1.807, 2.05) is 6.92 Å². The average molecular weight is 296 g/mol. The third kappa shape index (κ3) is 3.90. The fourth-order valence-electron chi connectivity index (χ4n) is 1.77. The van der Waals surface area contributed by atoms with Crippen molar-refractivity contribution in [2.75, 3.05) is 11.9 Å². The Balaban J connectivity index is 2.49. The normalized spacial score (nSPS) is 11.5. The minimum atomic E-state index is -4.58. The van der Waals surface area contributed by atoms with Gasteiger partial charge in [-0.3, -0.25) is 4.98 Å². The minimum absolute atomic E-state index is 0.170. The fraction of sp³-hybridized carbons (Fsp3) is 0.357. The van der Waals surface area contributed by atoms with E-state index in [4.69, 9.17) is 0 Å². The summed E-state index contributed by atoms with van der Waals surface area (Å²) in [5, 5.41) is 2.86. The Morgan fingerprint density at radius 2 is 1.95 bits per heavy atom. The van der Waals surface area contributed by atoms with Crippen LogP contribution in [-0.2, 0) is 6.18 Å². The predicted octanol–water partition coefficient (Wildman–Crippen LogP) is 3.69. The summed E-state index contributed by atoms with van der Waals surface area (Å²) in [7, 11) is 0. The number of aryl methyl sites for hydroxylation is 1. The lowest BCUT2D eigenvalue weighted by Gasteiger charge is -2.11. The van der Waals surface area contributed by atoms with Gasteiger partial charge in [-0.25, -0.2) is 9.97 Å². The molecule has 1 N–H and O–H groups in total. The fourth-order valence-corrected chi connectivity index (χ4v) is 1.77. The molecule has 2 aromatic rings. The molecule has 2 aromatic heterocycles. The smallest absolute Gasteiger partial charge is 0.370 e. The molecule has 2 rings (SSSR count). The van der Waals surface area contributed by atoms with Crippen LogP contribution in [0.3, 0.4) is 0 Å². The molecule has 7 heteroatoms. The molecule has 0 radical (unpaired) electrons. The molecule has 0 amide bonds. The summed E-state index contributed by atoms with van der Waals surface area (Å²) in [4.78, 5) is 11.2. The summed E-state index contributed by atoms with van der Waals surface area (Å²) in [5.41, 5.74) is 1.51. The molecule has 0 atom stereocenters. The molecule has 0 saturated heterocycles. The van der Waals surface area contributed by atoms with Gasteiger partial charge in [0.05, 0.1) is 5.69 Å². The Bertz CT molecular complexity index is 626. The first-order chi connectivity index (χ1) is 9.90. The number of pyridine rings is 1. The second-order valence-corrected chi connectivity index (χ2v) is 4.57. The number of anilines is 1. The molecule has 4 nitrogen and oxygen atoms in total. The quantitative estimate of drug-likeness (QED) is 0.935. The van der Waals surface area contributed by atoms with Crippen LogP contribution >= 0.6 is 0 Å². The molecule has 0 bridgehead atoms. The lowest BCUT2D eigenvalue weighted by molar-refractivity contribution is -0.144. The van der Waals surface area contributed by atoms with E-state index in [9.17, 15) is 13.2 Å². The molecular formula is C14H15F3N4. The highest BCUT2D eigenvalue weighted by Crippen LogP contribution is 2.29. The maximum absolute atomic E-state index is 12.9. The molecule has 0 saturated carbocycles. The standard InChI is InChI=1S/C14H15F3N4/c1-3-5-19-12-8-11(10-4-6-18-9(2)7-10)20-13(21-12)14(15,16)17/h4,6-8H,3,5H2,1-2H3,(H,19,20,21). The van der Waals surface area contributed by atoms with Crippen LogP contribution in [0.4, 0.5) is 19.0 Å². The summed E-state index contributed by atoms with van der Waals surface area (Å²) in [5.74, 6) is -0.975. The van der Waals surface area contributed by atoms with Crippen molar-refractivity contribution in [1.82, 2.24) is 15.0 Å². The van der Waals surface area contributed by atoms with Gasteiger partial charge in [-0.15, -0.1) is 0 Å². The van der Waals surface area contributed by atoms with Crippen molar-refractivity contribution in [2.24, 2.45) is 0 Å². The van der Waals surface area contributed by atoms with Crippen LogP contribution in [-0.4, -0.2) is 21.5 Å². The van der Waals surface area contributed by atoms with Crippen molar-refractivity contribution in [1.29, 1.82) is 0 Å². The van der Waals surface area contributed by atoms with Gasteiger partial charge in [0.25, 0.3) is 0 Å². The summed E-state index contributed by atoms with van der Waals surface area (Å²) < 4.78 is 38.7. The van der Waals surface area contributed by atoms with Gasteiger partial charge in [0, 0.05) is 30.1 Å². The van der Waals surface area contributed by atoms with Crippen molar-refractivity contribution in [3.63, 3.8) is 0 Å². The zero-order valence-corrected chi connectivity index (χ0v) is 11.7. The highest BCUT2D eigenvalue weighted by atomic mass is 19.4. The number of nitrogens with zero attached hydrogens (tertiary/aromatic N) is 3. The molecule has 21 heavy (non-hydrogen) atoms. The first kappa shape index (κ1) is 15.2. The summed E-state index contributed by atoms with van der Waals surface area (Å²) in [6, 6.07) is 4.82. The van der Waals surface area contributed by atoms with Crippen molar-refractivity contribution < 1.29 is 13.2 Å². The number of rotatable bonds is 4. The molecular weight excluding hydrogens is 281 g/mol. The van der Waals surface area contributed by atoms with Crippen molar-refractivity contribution in [3.05, 3.63) is 35.9 Å². The van der Waals surface area contributed by atoms with Gasteiger partial charge in [0.15, 0.2) is 0 Å². The van der Waals surface area contributed by atoms with Crippen molar-refractivity contribution in [2.45, 2.75) is 26.4 Å². The molecule has 0 aromatic carbocycles. The largest absolute Gasteiger partial charge is 0.451 e. The topological polar surface area (TPSA) is 50.7 Å². The van der Waals surface area contributed by atoms with Gasteiger partial charge in [-0.2, -0.15) is 13.2 Å². The number of hydrogen-bond donors (Lipinski definition) is 1. The highest BCUT2D eigenvalue weighted by molar-refractivity contribution is 5.62. The predicted molar refractivity (Wildman–Crippen MR) is 73.8 cm³/mol. The number of hydrogen-bond acceptors (Lipinski definition) is 4. The van der Waals surface area contributed by atoms with Crippen LogP contribution in [0.25, 0.3) is 11.3 Å². The van der Waals surface area contributed by atoms with Crippen LogP contribution in [0.1, 0.15) is 24.9 Å². The minimum Gasteiger partial charge on any atom is -0.370 e. The van der Waals surface area contributed by atoms with Crippen molar-refractivity contribution in [3.8, 4) is 11.3 Å². The maximum atomic E-state index is 12.9. The first-order valence-electron chi connectivity index (χ1n) is 6.53. The van der Waals surface area contributed by atoms with Gasteiger partial charge < -0.3 is 5.32 Å². The van der Waals surface area contributed by atoms with Gasteiger partial charge in [-0.1, -0.05) is 6.92 Å². The Hall–Kier alpha value is -2.18. The van der Waals surface area contributed by atoms with Gasteiger partial charge in [0.1, 0.15) is 5.82 Å². The number of aromatic nitrogens is 3. The summed E-state index contributed by atoms with van der Waals surface area (Å²) in [6.45, 7) is 4.24. The average Bonchev–Trinajstić information content (AvgIpc) is 2.44. The Labute approximate surface area is 120 Å². The lowest BCUT2D eigenvalue weighted by Crippen LogP contribution is -2.14. The molecule has 0 aliphatic heterocycles. The zero-order chi connectivity index (χ0) is 15.5. The molecule has 2 heterocycles. The van der Waals surface area contributed by atoms with E-state index in [1.54, 1.807) is 25.3 Å². The van der Waals surface area contributed by atoms with Gasteiger partial charge >= 0.3 is 6.18 Å². The Morgan fingerprint density at radius 3 is 2.57 bits per heavy atom. The van der Waals surface area contributed by atoms with Crippen LogP contribution in [0, 0.1) is 6.92 Å². The number of alkyl halides is 3. The van der Waals surface area contributed by atoms with E-state index in [0.717, 1.165) is 6.42 Å². The van der Waals surface area contributed by atoms with E-state index >= 15 is 0 Å². The van der Waals surface area contributed by atoms with E-state index in [1.165, 1.54) is 6.07 Å². The second kappa shape index (κ2) is 6.07. The van der Waals surface area contributed by atoms with Crippen molar-refractivity contribution >= 4 is 5.82 Å². The molecule has 0 aliphatic rings. The van der Waals surface area contributed by atoms with Crippen LogP contribution in [0.15, 0.2) is 24.4 Å². The summed E-state index contributed by atoms with van der Waals surface area (Å²) in [6.07, 6.45) is -2.25. The van der Waals surface area contributed by atoms with E-state index in [2.05, 4.69) is 20.3 Å². The summed E-state index contributed by atoms with van der Waals surface area (Å²) >= 11 is 0. The third-order valence-corrected chi connectivity index (χ3v) is 2.73. The third-order valence-electron chi connectivity index (χ3n) is 2.73. The highest BCUT2D eigenvalue weighted by Gasteiger charge is 2.35. The van der Waals surface area contributed by atoms with Crippen LogP contribution < -0.4 is 5.32 Å². The zero-order valence-electron chi connectivity index (χ0n) is 11.7. The number of halogens is 3. The molecule has 112 valence electrons. The Kier molecular flexibility index (Phi) is 4.40. The monoisotopic (exact) mass is 296 g/mol. The van der Waals surface area contributed by atoms with E-state index < -0.39 is 12.0 Å². The molecule has 0 fully saturated rings. The van der Waals surface area contributed by atoms with Crippen LogP contribution in [0.5, 0.6) is 0 Å². The molecule has 0 unspecified atom stereocenters. The maximum Gasteiger partial charge on any atom is 0.451 e. The second-order valence-electron chi connectivity index (χ2n) is 4.57. The number of nitrogens with one attached hydrogen (secondary N) is 1. The first-order valence-corrected chi connectivity index (χ1v) is 6.53. The lowest BCUT2D eigenvalue weighted by atomic mass is 10.1. The SMILES string of the molecule is CCCNc1cc(-c2ccnc(C)c2)nc(C(F)(F)F)n1. The van der Waals surface area contributed by atoms with Crippen LogP contribution in [0.2, 0.25) is 0 Å². The van der Waals surface area contributed by atoms with Gasteiger partial charge in [-0.05, 0) is 25.5 Å². The Morgan fingerprint density at radius 1 is 1.19 bits per heavy atom. The molecule has 0 spiro atoms. The molecule has 0 aliphatic carbocycles. The van der Waals surface area contributed by atoms with E-state index in [0.29, 0.717) is 17.8 Å².